The van der Waals surface area contributed by atoms with E-state index in [4.69, 9.17) is 11.6 Å². The molecule has 1 atom stereocenters. The summed E-state index contributed by atoms with van der Waals surface area (Å²) in [4.78, 5) is 0.951. The van der Waals surface area contributed by atoms with Crippen LogP contribution in [0, 0.1) is 11.3 Å². The summed E-state index contributed by atoms with van der Waals surface area (Å²) < 4.78 is 0.939. The van der Waals surface area contributed by atoms with Gasteiger partial charge >= 0.3 is 0 Å². The van der Waals surface area contributed by atoms with Gasteiger partial charge in [0.05, 0.1) is 21.7 Å². The number of para-hydroxylation sites is 1. The minimum absolute atomic E-state index is 0.399. The molecule has 0 spiro atoms. The Balaban J connectivity index is 2.26. The molecule has 0 aliphatic heterocycles. The van der Waals surface area contributed by atoms with Crippen molar-refractivity contribution in [2.75, 3.05) is 5.32 Å². The van der Waals surface area contributed by atoms with Crippen molar-refractivity contribution >= 4 is 44.6 Å². The van der Waals surface area contributed by atoms with Crippen LogP contribution in [-0.2, 0) is 0 Å². The van der Waals surface area contributed by atoms with Crippen LogP contribution in [-0.4, -0.2) is 0 Å². The number of benzene rings is 1. The highest BCUT2D eigenvalue weighted by atomic mass is 79.9. The molecule has 2 rings (SSSR count). The highest BCUT2D eigenvalue weighted by molar-refractivity contribution is 9.10. The molecule has 2 aromatic rings. The van der Waals surface area contributed by atoms with Gasteiger partial charge in [-0.25, -0.2) is 0 Å². The van der Waals surface area contributed by atoms with E-state index in [0.717, 1.165) is 15.0 Å². The Morgan fingerprint density at radius 2 is 2.12 bits per heavy atom. The van der Waals surface area contributed by atoms with Gasteiger partial charge < -0.3 is 5.32 Å². The third-order valence-corrected chi connectivity index (χ3v) is 4.48. The molecule has 0 aliphatic carbocycles. The van der Waals surface area contributed by atoms with Gasteiger partial charge in [-0.3, -0.25) is 0 Å². The van der Waals surface area contributed by atoms with Crippen LogP contribution in [0.2, 0.25) is 5.02 Å². The van der Waals surface area contributed by atoms with Gasteiger partial charge in [-0.2, -0.15) is 5.26 Å². The van der Waals surface area contributed by atoms with Crippen LogP contribution in [0.25, 0.3) is 0 Å². The first-order chi connectivity index (χ1) is 8.22. The minimum atomic E-state index is -0.399. The number of hydrogen-bond donors (Lipinski definition) is 1. The number of nitrogens with zero attached hydrogens (tertiary/aromatic N) is 1. The molecule has 5 heteroatoms. The van der Waals surface area contributed by atoms with Crippen molar-refractivity contribution in [3.63, 3.8) is 0 Å². The molecule has 1 aromatic carbocycles. The number of halogens is 2. The second-order valence-electron chi connectivity index (χ2n) is 3.32. The van der Waals surface area contributed by atoms with Crippen LogP contribution >= 0.6 is 38.9 Å². The lowest BCUT2D eigenvalue weighted by Crippen LogP contribution is -2.07. The molecule has 1 heterocycles. The highest BCUT2D eigenvalue weighted by Crippen LogP contribution is 2.32. The Labute approximate surface area is 117 Å². The number of nitriles is 1. The number of hydrogen-bond acceptors (Lipinski definition) is 3. The second kappa shape index (κ2) is 5.54. The molecule has 1 unspecified atom stereocenters. The van der Waals surface area contributed by atoms with Crippen molar-refractivity contribution in [2.45, 2.75) is 6.04 Å². The fourth-order valence-electron chi connectivity index (χ4n) is 1.40. The van der Waals surface area contributed by atoms with E-state index in [-0.39, 0.29) is 0 Å². The van der Waals surface area contributed by atoms with Gasteiger partial charge in [-0.1, -0.05) is 23.7 Å². The molecule has 0 radical (unpaired) electrons. The molecular formula is C12H8BrClN2S. The maximum atomic E-state index is 9.20. The number of thiophene rings is 1. The van der Waals surface area contributed by atoms with E-state index in [9.17, 15) is 5.26 Å². The average Bonchev–Trinajstić information content (AvgIpc) is 2.75. The van der Waals surface area contributed by atoms with Crippen molar-refractivity contribution < 1.29 is 0 Å². The monoisotopic (exact) mass is 326 g/mol. The van der Waals surface area contributed by atoms with E-state index in [2.05, 4.69) is 27.3 Å². The van der Waals surface area contributed by atoms with E-state index in [1.54, 1.807) is 6.07 Å². The molecule has 17 heavy (non-hydrogen) atoms. The van der Waals surface area contributed by atoms with Gasteiger partial charge in [0.15, 0.2) is 6.04 Å². The molecule has 86 valence electrons. The van der Waals surface area contributed by atoms with Crippen LogP contribution in [0.15, 0.2) is 40.2 Å². The molecule has 0 saturated carbocycles. The van der Waals surface area contributed by atoms with Crippen molar-refractivity contribution in [3.8, 4) is 6.07 Å². The van der Waals surface area contributed by atoms with E-state index < -0.39 is 6.04 Å². The molecule has 0 saturated heterocycles. The predicted molar refractivity (Wildman–Crippen MR) is 75.4 cm³/mol. The summed E-state index contributed by atoms with van der Waals surface area (Å²) in [5.74, 6) is 0. The van der Waals surface area contributed by atoms with Crippen molar-refractivity contribution in [1.29, 1.82) is 5.26 Å². The summed E-state index contributed by atoms with van der Waals surface area (Å²) in [5, 5.41) is 14.9. The molecule has 0 bridgehead atoms. The summed E-state index contributed by atoms with van der Waals surface area (Å²) >= 11 is 11.0. The lowest BCUT2D eigenvalue weighted by atomic mass is 10.2. The first-order valence-electron chi connectivity index (χ1n) is 4.86. The van der Waals surface area contributed by atoms with Crippen LogP contribution in [0.3, 0.4) is 0 Å². The van der Waals surface area contributed by atoms with Crippen LogP contribution in [0.1, 0.15) is 10.9 Å². The van der Waals surface area contributed by atoms with Crippen LogP contribution in [0.4, 0.5) is 5.69 Å². The lowest BCUT2D eigenvalue weighted by Gasteiger charge is -2.13. The number of nitrogens with one attached hydrogen (secondary N) is 1. The van der Waals surface area contributed by atoms with Gasteiger partial charge in [0.1, 0.15) is 0 Å². The van der Waals surface area contributed by atoms with Crippen molar-refractivity contribution in [3.05, 3.63) is 50.1 Å². The van der Waals surface area contributed by atoms with E-state index in [1.807, 2.05) is 29.6 Å². The zero-order valence-corrected chi connectivity index (χ0v) is 11.8. The zero-order chi connectivity index (χ0) is 12.3. The lowest BCUT2D eigenvalue weighted by molar-refractivity contribution is 1.02. The Kier molecular flexibility index (Phi) is 4.06. The largest absolute Gasteiger partial charge is 0.364 e. The Hall–Kier alpha value is -1.02. The molecule has 2 nitrogen and oxygen atoms in total. The smallest absolute Gasteiger partial charge is 0.150 e. The number of anilines is 1. The normalized spacial score (nSPS) is 11.8. The fourth-order valence-corrected chi connectivity index (χ4v) is 3.19. The summed E-state index contributed by atoms with van der Waals surface area (Å²) in [6.45, 7) is 0. The SMILES string of the molecule is N#CC(Nc1ccccc1Cl)c1sccc1Br. The van der Waals surface area contributed by atoms with Gasteiger partial charge in [0, 0.05) is 4.47 Å². The topological polar surface area (TPSA) is 35.8 Å². The van der Waals surface area contributed by atoms with Crippen LogP contribution < -0.4 is 5.32 Å². The van der Waals surface area contributed by atoms with Crippen LogP contribution in [0.5, 0.6) is 0 Å². The van der Waals surface area contributed by atoms with Gasteiger partial charge in [-0.15, -0.1) is 11.3 Å². The Bertz CT molecular complexity index is 562. The highest BCUT2D eigenvalue weighted by Gasteiger charge is 2.15. The van der Waals surface area contributed by atoms with Gasteiger partial charge in [0.25, 0.3) is 0 Å². The van der Waals surface area contributed by atoms with Crippen molar-refractivity contribution in [1.82, 2.24) is 0 Å². The molecule has 1 N–H and O–H groups in total. The summed E-state index contributed by atoms with van der Waals surface area (Å²) in [5.41, 5.74) is 0.765. The second-order valence-corrected chi connectivity index (χ2v) is 5.53. The standard InChI is InChI=1S/C12H8BrClN2S/c13-8-5-6-17-12(8)11(7-15)16-10-4-2-1-3-9(10)14/h1-6,11,16H. The third-order valence-electron chi connectivity index (χ3n) is 2.21. The van der Waals surface area contributed by atoms with E-state index in [1.165, 1.54) is 11.3 Å². The minimum Gasteiger partial charge on any atom is -0.364 e. The first kappa shape index (κ1) is 12.4. The molecular weight excluding hydrogens is 320 g/mol. The molecule has 0 aliphatic rings. The van der Waals surface area contributed by atoms with Gasteiger partial charge in [-0.05, 0) is 39.5 Å². The Morgan fingerprint density at radius 3 is 2.71 bits per heavy atom. The average molecular weight is 328 g/mol. The summed E-state index contributed by atoms with van der Waals surface area (Å²) in [6.07, 6.45) is 0. The number of rotatable bonds is 3. The predicted octanol–water partition coefficient (Wildman–Crippen LogP) is 4.84. The zero-order valence-electron chi connectivity index (χ0n) is 8.65. The maximum Gasteiger partial charge on any atom is 0.150 e. The quantitative estimate of drug-likeness (QED) is 0.875. The molecule has 0 fully saturated rings. The molecule has 1 aromatic heterocycles. The molecule has 0 amide bonds. The maximum absolute atomic E-state index is 9.20. The summed E-state index contributed by atoms with van der Waals surface area (Å²) in [6, 6.07) is 11.1. The van der Waals surface area contributed by atoms with Crippen molar-refractivity contribution in [2.24, 2.45) is 0 Å². The first-order valence-corrected chi connectivity index (χ1v) is 6.91. The fraction of sp³-hybridized carbons (Fsp3) is 0.0833. The van der Waals surface area contributed by atoms with E-state index >= 15 is 0 Å². The van der Waals surface area contributed by atoms with Gasteiger partial charge in [0.2, 0.25) is 0 Å². The summed E-state index contributed by atoms with van der Waals surface area (Å²) in [7, 11) is 0. The Morgan fingerprint density at radius 1 is 1.35 bits per heavy atom. The van der Waals surface area contributed by atoms with E-state index in [0.29, 0.717) is 5.02 Å². The third kappa shape index (κ3) is 2.81.